The number of hydrogen-bond donors (Lipinski definition) is 0. The number of rotatable bonds is 4. The molecule has 6 nitrogen and oxygen atoms in total. The van der Waals surface area contributed by atoms with E-state index in [0.717, 1.165) is 75.5 Å². The average Bonchev–Trinajstić information content (AvgIpc) is 3.85. The van der Waals surface area contributed by atoms with Gasteiger partial charge in [-0.3, -0.25) is 0 Å². The maximum absolute atomic E-state index is 6.22. The van der Waals surface area contributed by atoms with E-state index in [1.54, 1.807) is 11.3 Å². The molecule has 220 valence electrons. The largest absolute Gasteiger partial charge is 0.456 e. The fraction of sp³-hybridized carbons (Fsp3) is 0. The smallest absolute Gasteiger partial charge is 0.228 e. The Morgan fingerprint density at radius 3 is 1.83 bits per heavy atom. The van der Waals surface area contributed by atoms with Crippen LogP contribution in [-0.4, -0.2) is 19.9 Å². The van der Waals surface area contributed by atoms with E-state index in [4.69, 9.17) is 28.8 Å². The maximum atomic E-state index is 6.22. The van der Waals surface area contributed by atoms with Crippen LogP contribution in [0.5, 0.6) is 0 Å². The molecular weight excluding hydrogens is 601 g/mol. The van der Waals surface area contributed by atoms with Crippen LogP contribution in [-0.2, 0) is 0 Å². The van der Waals surface area contributed by atoms with Crippen molar-refractivity contribution in [2.75, 3.05) is 0 Å². The average molecular weight is 623 g/mol. The Morgan fingerprint density at radius 1 is 0.404 bits per heavy atom. The normalized spacial score (nSPS) is 11.8. The molecule has 0 atom stereocenters. The Labute approximate surface area is 271 Å². The van der Waals surface area contributed by atoms with Crippen molar-refractivity contribution in [3.05, 3.63) is 133 Å². The molecule has 0 N–H and O–H groups in total. The molecule has 4 heterocycles. The highest BCUT2D eigenvalue weighted by atomic mass is 32.1. The number of furan rings is 1. The van der Waals surface area contributed by atoms with Gasteiger partial charge in [0.25, 0.3) is 0 Å². The first-order valence-electron chi connectivity index (χ1n) is 15.3. The predicted molar refractivity (Wildman–Crippen MR) is 189 cm³/mol. The fourth-order valence-electron chi connectivity index (χ4n) is 6.45. The SMILES string of the molecule is c1ccc(-c2nc(-c3cccc4c3sc3c(-c5nc6ccccc6o5)cccc34)nc(-c3cccc4oc5ccccc5c34)n2)cc1. The highest BCUT2D eigenvalue weighted by Gasteiger charge is 2.21. The quantitative estimate of drug-likeness (QED) is 0.194. The molecule has 0 aliphatic rings. The number of hydrogen-bond acceptors (Lipinski definition) is 7. The van der Waals surface area contributed by atoms with Crippen LogP contribution in [0.15, 0.2) is 142 Å². The van der Waals surface area contributed by atoms with Crippen molar-refractivity contribution in [3.8, 4) is 45.6 Å². The Balaban J connectivity index is 1.23. The van der Waals surface area contributed by atoms with Crippen molar-refractivity contribution in [2.24, 2.45) is 0 Å². The zero-order valence-corrected chi connectivity index (χ0v) is 25.5. The third-order valence-electron chi connectivity index (χ3n) is 8.60. The minimum absolute atomic E-state index is 0.594. The number of oxazole rings is 1. The molecule has 0 radical (unpaired) electrons. The van der Waals surface area contributed by atoms with Crippen LogP contribution >= 0.6 is 11.3 Å². The summed E-state index contributed by atoms with van der Waals surface area (Å²) in [5.41, 5.74) is 6.96. The molecule has 0 saturated carbocycles. The summed E-state index contributed by atoms with van der Waals surface area (Å²) in [5.74, 6) is 2.43. The summed E-state index contributed by atoms with van der Waals surface area (Å²) in [6.45, 7) is 0. The van der Waals surface area contributed by atoms with Gasteiger partial charge in [0, 0.05) is 47.6 Å². The van der Waals surface area contributed by atoms with E-state index in [-0.39, 0.29) is 0 Å². The summed E-state index contributed by atoms with van der Waals surface area (Å²) in [5, 5.41) is 4.28. The maximum Gasteiger partial charge on any atom is 0.228 e. The lowest BCUT2D eigenvalue weighted by atomic mass is 10.0. The zero-order valence-electron chi connectivity index (χ0n) is 24.7. The number of thiophene rings is 1. The van der Waals surface area contributed by atoms with Crippen molar-refractivity contribution >= 4 is 64.5 Å². The van der Waals surface area contributed by atoms with Crippen LogP contribution in [0.25, 0.3) is 98.8 Å². The fourth-order valence-corrected chi connectivity index (χ4v) is 7.76. The summed E-state index contributed by atoms with van der Waals surface area (Å²) in [7, 11) is 0. The third kappa shape index (κ3) is 4.10. The third-order valence-corrected chi connectivity index (χ3v) is 9.89. The van der Waals surface area contributed by atoms with E-state index in [2.05, 4.69) is 48.5 Å². The van der Waals surface area contributed by atoms with E-state index < -0.39 is 0 Å². The van der Waals surface area contributed by atoms with Gasteiger partial charge in [0.2, 0.25) is 5.89 Å². The monoisotopic (exact) mass is 622 g/mol. The molecule has 10 aromatic rings. The first-order valence-corrected chi connectivity index (χ1v) is 16.1. The van der Waals surface area contributed by atoms with Gasteiger partial charge in [0.15, 0.2) is 23.1 Å². The van der Waals surface area contributed by atoms with Gasteiger partial charge in [0.05, 0.1) is 5.56 Å². The second kappa shape index (κ2) is 10.2. The highest BCUT2D eigenvalue weighted by molar-refractivity contribution is 7.26. The highest BCUT2D eigenvalue weighted by Crippen LogP contribution is 2.44. The van der Waals surface area contributed by atoms with Gasteiger partial charge in [-0.25, -0.2) is 19.9 Å². The second-order valence-electron chi connectivity index (χ2n) is 11.4. The van der Waals surface area contributed by atoms with Crippen molar-refractivity contribution in [2.45, 2.75) is 0 Å². The lowest BCUT2D eigenvalue weighted by Crippen LogP contribution is -2.00. The Morgan fingerprint density at radius 2 is 1.00 bits per heavy atom. The number of fused-ring (bicyclic) bond motifs is 7. The minimum Gasteiger partial charge on any atom is -0.456 e. The van der Waals surface area contributed by atoms with Crippen molar-refractivity contribution in [1.29, 1.82) is 0 Å². The van der Waals surface area contributed by atoms with Crippen LogP contribution in [0.3, 0.4) is 0 Å². The first kappa shape index (κ1) is 26.1. The summed E-state index contributed by atoms with van der Waals surface area (Å²) in [6, 6.07) is 44.7. The molecule has 0 aliphatic carbocycles. The summed E-state index contributed by atoms with van der Waals surface area (Å²) in [6.07, 6.45) is 0. The van der Waals surface area contributed by atoms with Crippen molar-refractivity contribution in [1.82, 2.24) is 19.9 Å². The molecule has 0 saturated heterocycles. The van der Waals surface area contributed by atoms with Gasteiger partial charge < -0.3 is 8.83 Å². The molecule has 0 bridgehead atoms. The number of nitrogens with zero attached hydrogens (tertiary/aromatic N) is 4. The lowest BCUT2D eigenvalue weighted by Gasteiger charge is -2.10. The first-order chi connectivity index (χ1) is 23.3. The van der Waals surface area contributed by atoms with E-state index in [1.165, 1.54) is 0 Å². The van der Waals surface area contributed by atoms with Crippen LogP contribution in [0, 0.1) is 0 Å². The standard InChI is InChI=1S/C40H22N4O2S/c1-2-11-23(12-3-1)37-42-38(27-16-10-22-33-34(27)26-13-4-6-20-31(26)45-33)44-39(43-37)28-17-8-14-24-25-15-9-18-29(36(25)47-35(24)28)40-41-30-19-5-7-21-32(30)46-40/h1-22H. The van der Waals surface area contributed by atoms with Gasteiger partial charge in [-0.2, -0.15) is 0 Å². The summed E-state index contributed by atoms with van der Waals surface area (Å²) >= 11 is 1.71. The molecule has 0 amide bonds. The van der Waals surface area contributed by atoms with E-state index in [9.17, 15) is 0 Å². The molecule has 0 fully saturated rings. The zero-order chi connectivity index (χ0) is 30.9. The van der Waals surface area contributed by atoms with Crippen LogP contribution in [0.2, 0.25) is 0 Å². The Hall–Kier alpha value is -6.18. The number of aromatic nitrogens is 4. The van der Waals surface area contributed by atoms with Gasteiger partial charge in [-0.15, -0.1) is 11.3 Å². The number of benzene rings is 6. The molecule has 0 unspecified atom stereocenters. The molecule has 47 heavy (non-hydrogen) atoms. The van der Waals surface area contributed by atoms with Crippen LogP contribution in [0.1, 0.15) is 0 Å². The summed E-state index contributed by atoms with van der Waals surface area (Å²) in [4.78, 5) is 20.1. The van der Waals surface area contributed by atoms with Crippen LogP contribution in [0.4, 0.5) is 0 Å². The Kier molecular flexibility index (Phi) is 5.64. The van der Waals surface area contributed by atoms with Crippen molar-refractivity contribution < 1.29 is 8.83 Å². The van der Waals surface area contributed by atoms with Gasteiger partial charge in [0.1, 0.15) is 16.7 Å². The topological polar surface area (TPSA) is 77.8 Å². The van der Waals surface area contributed by atoms with E-state index in [0.29, 0.717) is 23.4 Å². The molecule has 0 spiro atoms. The second-order valence-corrected chi connectivity index (χ2v) is 12.4. The Bertz CT molecular complexity index is 2780. The summed E-state index contributed by atoms with van der Waals surface area (Å²) < 4.78 is 14.6. The van der Waals surface area contributed by atoms with Crippen LogP contribution < -0.4 is 0 Å². The van der Waals surface area contributed by atoms with E-state index >= 15 is 0 Å². The minimum atomic E-state index is 0.594. The van der Waals surface area contributed by atoms with Gasteiger partial charge >= 0.3 is 0 Å². The molecular formula is C40H22N4O2S. The predicted octanol–water partition coefficient (Wildman–Crippen LogP) is 10.9. The molecule has 0 aliphatic heterocycles. The van der Waals surface area contributed by atoms with E-state index in [1.807, 2.05) is 84.9 Å². The molecule has 4 aromatic heterocycles. The lowest BCUT2D eigenvalue weighted by molar-refractivity contribution is 0.621. The molecule has 7 heteroatoms. The van der Waals surface area contributed by atoms with Gasteiger partial charge in [-0.05, 0) is 36.4 Å². The molecule has 6 aromatic carbocycles. The van der Waals surface area contributed by atoms with Crippen molar-refractivity contribution in [3.63, 3.8) is 0 Å². The van der Waals surface area contributed by atoms with Gasteiger partial charge in [-0.1, -0.05) is 97.1 Å². The number of para-hydroxylation sites is 3. The molecule has 10 rings (SSSR count).